The average Bonchev–Trinajstić information content (AvgIpc) is 3.00. The zero-order valence-corrected chi connectivity index (χ0v) is 19.1. The molecular formula is C23H32O6S. The van der Waals surface area contributed by atoms with E-state index in [1.54, 1.807) is 13.8 Å². The van der Waals surface area contributed by atoms with Crippen LogP contribution in [-0.2, 0) is 9.47 Å². The van der Waals surface area contributed by atoms with Gasteiger partial charge in [0.25, 0.3) is 0 Å². The number of esters is 2. The van der Waals surface area contributed by atoms with Gasteiger partial charge in [-0.2, -0.15) is 0 Å². The van der Waals surface area contributed by atoms with Gasteiger partial charge in [-0.1, -0.05) is 51.0 Å². The van der Waals surface area contributed by atoms with Crippen LogP contribution < -0.4 is 9.47 Å². The van der Waals surface area contributed by atoms with Gasteiger partial charge in [-0.15, -0.1) is 11.3 Å². The lowest BCUT2D eigenvalue weighted by atomic mass is 9.88. The van der Waals surface area contributed by atoms with E-state index in [-0.39, 0.29) is 34.5 Å². The van der Waals surface area contributed by atoms with Gasteiger partial charge >= 0.3 is 11.9 Å². The number of carbonyl (C=O) groups is 2. The van der Waals surface area contributed by atoms with Crippen molar-refractivity contribution in [2.24, 2.45) is 5.41 Å². The highest BCUT2D eigenvalue weighted by Crippen LogP contribution is 2.46. The number of ether oxygens (including phenoxy) is 4. The molecule has 0 bridgehead atoms. The molecule has 0 aromatic carbocycles. The minimum Gasteiger partial charge on any atom is -0.487 e. The molecule has 0 radical (unpaired) electrons. The fourth-order valence-corrected chi connectivity index (χ4v) is 3.97. The second-order valence-corrected chi connectivity index (χ2v) is 8.07. The van der Waals surface area contributed by atoms with Crippen LogP contribution in [-0.4, -0.2) is 38.4 Å². The zero-order valence-electron chi connectivity index (χ0n) is 18.3. The predicted octanol–water partition coefficient (Wildman–Crippen LogP) is 5.57. The van der Waals surface area contributed by atoms with E-state index in [1.165, 1.54) is 0 Å². The first-order valence-corrected chi connectivity index (χ1v) is 11.5. The maximum Gasteiger partial charge on any atom is 0.352 e. The van der Waals surface area contributed by atoms with Gasteiger partial charge < -0.3 is 18.9 Å². The number of carbonyl (C=O) groups excluding carboxylic acids is 2. The van der Waals surface area contributed by atoms with Crippen LogP contribution >= 0.6 is 11.3 Å². The number of hydrogen-bond acceptors (Lipinski definition) is 7. The third-order valence-electron chi connectivity index (χ3n) is 4.53. The van der Waals surface area contributed by atoms with Crippen LogP contribution in [0.1, 0.15) is 72.7 Å². The molecule has 0 saturated carbocycles. The molecule has 0 amide bonds. The summed E-state index contributed by atoms with van der Waals surface area (Å²) in [5.74, 6) is -0.547. The molecule has 166 valence electrons. The Morgan fingerprint density at radius 2 is 1.30 bits per heavy atom. The first kappa shape index (κ1) is 24.0. The molecule has 2 rings (SSSR count). The molecule has 0 N–H and O–H groups in total. The van der Waals surface area contributed by atoms with Gasteiger partial charge in [-0.05, 0) is 26.7 Å². The highest BCUT2D eigenvalue weighted by Gasteiger charge is 2.37. The van der Waals surface area contributed by atoms with Crippen molar-refractivity contribution in [2.75, 3.05) is 26.4 Å². The van der Waals surface area contributed by atoms with Gasteiger partial charge in [0.05, 0.1) is 18.6 Å². The third kappa shape index (κ3) is 5.88. The normalized spacial score (nSPS) is 15.3. The van der Waals surface area contributed by atoms with Gasteiger partial charge in [-0.3, -0.25) is 0 Å². The second-order valence-electron chi connectivity index (χ2n) is 7.05. The van der Waals surface area contributed by atoms with Crippen molar-refractivity contribution in [3.05, 3.63) is 34.1 Å². The minimum atomic E-state index is -0.534. The second kappa shape index (κ2) is 11.8. The topological polar surface area (TPSA) is 71.1 Å². The molecule has 1 aliphatic rings. The largest absolute Gasteiger partial charge is 0.487 e. The van der Waals surface area contributed by atoms with E-state index in [0.717, 1.165) is 37.0 Å². The number of unbranched alkanes of at least 4 members (excludes halogenated alkanes) is 2. The summed E-state index contributed by atoms with van der Waals surface area (Å²) in [6, 6.07) is 0. The first-order chi connectivity index (χ1) is 14.5. The fourth-order valence-electron chi connectivity index (χ4n) is 3.00. The number of rotatable bonds is 10. The van der Waals surface area contributed by atoms with Crippen LogP contribution in [0.3, 0.4) is 0 Å². The van der Waals surface area contributed by atoms with Crippen LogP contribution in [0.15, 0.2) is 24.3 Å². The summed E-state index contributed by atoms with van der Waals surface area (Å²) in [5, 5.41) is 0. The molecule has 2 heterocycles. The highest BCUT2D eigenvalue weighted by molar-refractivity contribution is 7.16. The monoisotopic (exact) mass is 436 g/mol. The summed E-state index contributed by atoms with van der Waals surface area (Å²) >= 11 is 0.989. The van der Waals surface area contributed by atoms with Gasteiger partial charge in [0.1, 0.15) is 13.2 Å². The van der Waals surface area contributed by atoms with E-state index >= 15 is 0 Å². The lowest BCUT2D eigenvalue weighted by Gasteiger charge is -2.24. The molecule has 0 fully saturated rings. The summed E-state index contributed by atoms with van der Waals surface area (Å²) in [6.45, 7) is 8.76. The van der Waals surface area contributed by atoms with Crippen LogP contribution in [0.4, 0.5) is 0 Å². The Morgan fingerprint density at radius 1 is 0.867 bits per heavy atom. The van der Waals surface area contributed by atoms with Crippen LogP contribution in [0.2, 0.25) is 0 Å². The van der Waals surface area contributed by atoms with Gasteiger partial charge in [0.2, 0.25) is 0 Å². The van der Waals surface area contributed by atoms with Crippen LogP contribution in [0.5, 0.6) is 11.5 Å². The predicted molar refractivity (Wildman–Crippen MR) is 118 cm³/mol. The Balaban J connectivity index is 2.43. The van der Waals surface area contributed by atoms with Crippen molar-refractivity contribution in [1.82, 2.24) is 0 Å². The van der Waals surface area contributed by atoms with Crippen LogP contribution in [0.25, 0.3) is 0 Å². The lowest BCUT2D eigenvalue weighted by Crippen LogP contribution is -2.29. The zero-order chi connectivity index (χ0) is 22.0. The Morgan fingerprint density at radius 3 is 1.67 bits per heavy atom. The van der Waals surface area contributed by atoms with Crippen molar-refractivity contribution in [1.29, 1.82) is 0 Å². The third-order valence-corrected chi connectivity index (χ3v) is 5.64. The Hall–Kier alpha value is -2.28. The molecule has 0 aliphatic carbocycles. The van der Waals surface area contributed by atoms with Gasteiger partial charge in [0.15, 0.2) is 21.3 Å². The highest BCUT2D eigenvalue weighted by atomic mass is 32.1. The molecule has 0 atom stereocenters. The standard InChI is InChI=1S/C23H32O6S/c1-5-9-11-13-23(14-12-10-6-2)15-28-17-18(29-16-23)20(22(25)27-8-4)30-19(17)21(24)26-7-3/h11-14H,5-10,15-16H2,1-4H3/b13-11-,14-12-. The van der Waals surface area contributed by atoms with Crippen molar-refractivity contribution in [3.8, 4) is 11.5 Å². The Bertz CT molecular complexity index is 714. The summed E-state index contributed by atoms with van der Waals surface area (Å²) in [4.78, 5) is 25.4. The van der Waals surface area contributed by atoms with Gasteiger partial charge in [-0.25, -0.2) is 9.59 Å². The van der Waals surface area contributed by atoms with Crippen molar-refractivity contribution in [2.45, 2.75) is 53.4 Å². The Labute approximate surface area is 182 Å². The van der Waals surface area contributed by atoms with Crippen molar-refractivity contribution in [3.63, 3.8) is 0 Å². The number of fused-ring (bicyclic) bond motifs is 1. The smallest absolute Gasteiger partial charge is 0.352 e. The SMILES string of the molecule is CCC/C=C\C1(/C=C\CCC)COc2c(C(=O)OCC)sc(C(=O)OCC)c2OC1. The summed E-state index contributed by atoms with van der Waals surface area (Å²) < 4.78 is 22.5. The maximum atomic E-state index is 12.5. The van der Waals surface area contributed by atoms with E-state index < -0.39 is 17.4 Å². The fraction of sp³-hybridized carbons (Fsp3) is 0.565. The molecular weight excluding hydrogens is 404 g/mol. The summed E-state index contributed by atoms with van der Waals surface area (Å²) in [5.41, 5.74) is -0.487. The number of thiophene rings is 1. The average molecular weight is 437 g/mol. The van der Waals surface area contributed by atoms with Crippen LogP contribution in [0, 0.1) is 5.41 Å². The molecule has 0 spiro atoms. The number of allylic oxidation sites excluding steroid dienone is 2. The van der Waals surface area contributed by atoms with E-state index in [2.05, 4.69) is 38.2 Å². The maximum absolute atomic E-state index is 12.5. The van der Waals surface area contributed by atoms with Crippen molar-refractivity contribution < 1.29 is 28.5 Å². The molecule has 6 nitrogen and oxygen atoms in total. The van der Waals surface area contributed by atoms with Gasteiger partial charge in [0, 0.05) is 0 Å². The van der Waals surface area contributed by atoms with E-state index in [1.807, 2.05) is 0 Å². The molecule has 7 heteroatoms. The molecule has 0 saturated heterocycles. The molecule has 1 aliphatic heterocycles. The van der Waals surface area contributed by atoms with E-state index in [9.17, 15) is 9.59 Å². The molecule has 1 aromatic rings. The molecule has 1 aromatic heterocycles. The van der Waals surface area contributed by atoms with E-state index in [4.69, 9.17) is 18.9 Å². The van der Waals surface area contributed by atoms with Crippen molar-refractivity contribution >= 4 is 23.3 Å². The molecule has 30 heavy (non-hydrogen) atoms. The Kier molecular flexibility index (Phi) is 9.43. The molecule has 0 unspecified atom stereocenters. The quantitative estimate of drug-likeness (QED) is 0.353. The minimum absolute atomic E-state index is 0.223. The summed E-state index contributed by atoms with van der Waals surface area (Å²) in [7, 11) is 0. The lowest BCUT2D eigenvalue weighted by molar-refractivity contribution is 0.0518. The first-order valence-electron chi connectivity index (χ1n) is 10.6. The summed E-state index contributed by atoms with van der Waals surface area (Å²) in [6.07, 6.45) is 12.4. The van der Waals surface area contributed by atoms with E-state index in [0.29, 0.717) is 13.2 Å². The number of hydrogen-bond donors (Lipinski definition) is 0.